The number of carbonyl (C=O) groups excluding carboxylic acids is 2. The highest BCUT2D eigenvalue weighted by molar-refractivity contribution is 5.97. The smallest absolute Gasteiger partial charge is 0.405 e. The number of rotatable bonds is 3. The van der Waals surface area contributed by atoms with Gasteiger partial charge in [0.2, 0.25) is 11.8 Å². The number of primary amides is 1. The maximum atomic E-state index is 12.3. The monoisotopic (exact) mass is 331 g/mol. The molecule has 0 radical (unpaired) electrons. The summed E-state index contributed by atoms with van der Waals surface area (Å²) in [6.07, 6.45) is 0.939. The molecule has 1 aliphatic heterocycles. The van der Waals surface area contributed by atoms with E-state index in [1.807, 2.05) is 6.92 Å². The van der Waals surface area contributed by atoms with Crippen LogP contribution in [0.1, 0.15) is 48.7 Å². The fourth-order valence-corrected chi connectivity index (χ4v) is 3.85. The number of hydrogen-bond donors (Lipinski definition) is 3. The number of carbonyl (C=O) groups is 3. The summed E-state index contributed by atoms with van der Waals surface area (Å²) in [5.74, 6) is -0.391. The van der Waals surface area contributed by atoms with E-state index in [-0.39, 0.29) is 17.9 Å². The van der Waals surface area contributed by atoms with Crippen LogP contribution in [0.2, 0.25) is 0 Å². The van der Waals surface area contributed by atoms with Gasteiger partial charge in [-0.1, -0.05) is 6.92 Å². The normalized spacial score (nSPS) is 25.8. The Morgan fingerprint density at radius 2 is 1.96 bits per heavy atom. The summed E-state index contributed by atoms with van der Waals surface area (Å²) in [7, 11) is 0. The minimum atomic E-state index is -1.13. The second-order valence-electron chi connectivity index (χ2n) is 6.64. The lowest BCUT2D eigenvalue weighted by Crippen LogP contribution is -2.53. The lowest BCUT2D eigenvalue weighted by Gasteiger charge is -2.45. The lowest BCUT2D eigenvalue weighted by molar-refractivity contribution is -0.117. The molecule has 1 aliphatic carbocycles. The van der Waals surface area contributed by atoms with Crippen molar-refractivity contribution in [3.63, 3.8) is 0 Å². The molecule has 3 rings (SSSR count). The summed E-state index contributed by atoms with van der Waals surface area (Å²) >= 11 is 0. The minimum Gasteiger partial charge on any atom is -0.465 e. The van der Waals surface area contributed by atoms with E-state index < -0.39 is 18.0 Å². The molecule has 3 atom stereocenters. The fraction of sp³-hybridized carbons (Fsp3) is 0.471. The van der Waals surface area contributed by atoms with E-state index >= 15 is 0 Å². The molecule has 128 valence electrons. The van der Waals surface area contributed by atoms with Crippen molar-refractivity contribution in [2.75, 3.05) is 4.90 Å². The molecule has 1 aromatic carbocycles. The maximum absolute atomic E-state index is 12.3. The third kappa shape index (κ3) is 2.70. The Morgan fingerprint density at radius 3 is 2.46 bits per heavy atom. The van der Waals surface area contributed by atoms with E-state index in [4.69, 9.17) is 5.73 Å². The number of nitrogens with zero attached hydrogens (tertiary/aromatic N) is 1. The summed E-state index contributed by atoms with van der Waals surface area (Å²) in [6, 6.07) is 4.32. The Kier molecular flexibility index (Phi) is 3.95. The Labute approximate surface area is 139 Å². The summed E-state index contributed by atoms with van der Waals surface area (Å²) < 4.78 is 0. The third-order valence-corrected chi connectivity index (χ3v) is 4.99. The van der Waals surface area contributed by atoms with Gasteiger partial charge in [-0.3, -0.25) is 9.59 Å². The Bertz CT molecular complexity index is 714. The van der Waals surface area contributed by atoms with E-state index in [0.29, 0.717) is 22.7 Å². The van der Waals surface area contributed by atoms with Crippen molar-refractivity contribution in [2.24, 2.45) is 17.6 Å². The predicted molar refractivity (Wildman–Crippen MR) is 87.7 cm³/mol. The van der Waals surface area contributed by atoms with E-state index in [1.54, 1.807) is 23.1 Å². The molecule has 1 saturated carbocycles. The molecule has 0 bridgehead atoms. The van der Waals surface area contributed by atoms with Gasteiger partial charge in [-0.15, -0.1) is 0 Å². The van der Waals surface area contributed by atoms with Crippen molar-refractivity contribution >= 4 is 23.6 Å². The van der Waals surface area contributed by atoms with Crippen molar-refractivity contribution in [3.05, 3.63) is 29.3 Å². The molecule has 2 aliphatic rings. The molecule has 7 nitrogen and oxygen atoms in total. The van der Waals surface area contributed by atoms with Gasteiger partial charge in [0.05, 0.1) is 6.04 Å². The number of anilines is 1. The van der Waals surface area contributed by atoms with Gasteiger partial charge in [-0.25, -0.2) is 4.79 Å². The average Bonchev–Trinajstić information content (AvgIpc) is 3.32. The number of carboxylic acid groups (broad SMARTS) is 1. The zero-order valence-electron chi connectivity index (χ0n) is 13.7. The first kappa shape index (κ1) is 16.3. The van der Waals surface area contributed by atoms with Crippen LogP contribution in [-0.4, -0.2) is 29.1 Å². The van der Waals surface area contributed by atoms with Crippen LogP contribution in [0, 0.1) is 11.8 Å². The highest BCUT2D eigenvalue weighted by Gasteiger charge is 2.47. The first-order chi connectivity index (χ1) is 11.3. The largest absolute Gasteiger partial charge is 0.465 e. The molecule has 1 heterocycles. The molecule has 1 fully saturated rings. The minimum absolute atomic E-state index is 0.0497. The summed E-state index contributed by atoms with van der Waals surface area (Å²) in [6.45, 7) is 3.46. The third-order valence-electron chi connectivity index (χ3n) is 4.99. The highest BCUT2D eigenvalue weighted by atomic mass is 16.4. The number of fused-ring (bicyclic) bond motifs is 1. The molecule has 0 unspecified atom stereocenters. The molecule has 7 heteroatoms. The molecule has 1 aromatic rings. The molecule has 3 amide bonds. The second-order valence-corrected chi connectivity index (χ2v) is 6.64. The predicted octanol–water partition coefficient (Wildman–Crippen LogP) is 1.88. The van der Waals surface area contributed by atoms with Crippen LogP contribution in [0.3, 0.4) is 0 Å². The van der Waals surface area contributed by atoms with E-state index in [0.717, 1.165) is 12.8 Å². The van der Waals surface area contributed by atoms with Crippen molar-refractivity contribution < 1.29 is 19.5 Å². The van der Waals surface area contributed by atoms with Gasteiger partial charge in [0.25, 0.3) is 0 Å². The average molecular weight is 331 g/mol. The van der Waals surface area contributed by atoms with Crippen molar-refractivity contribution in [1.29, 1.82) is 0 Å². The number of hydrogen-bond acceptors (Lipinski definition) is 3. The van der Waals surface area contributed by atoms with Crippen LogP contribution in [0.4, 0.5) is 10.5 Å². The summed E-state index contributed by atoms with van der Waals surface area (Å²) in [5, 5.41) is 11.8. The van der Waals surface area contributed by atoms with Crippen molar-refractivity contribution in [3.8, 4) is 0 Å². The van der Waals surface area contributed by atoms with E-state index in [9.17, 15) is 19.5 Å². The zero-order chi connectivity index (χ0) is 17.6. The van der Waals surface area contributed by atoms with E-state index in [2.05, 4.69) is 5.32 Å². The standard InChI is InChI=1S/C17H21N3O4/c1-8-14(19-17(23)24)12-7-11(16(18)22)5-6-13(12)20(9(2)21)15(8)10-3-4-10/h5-8,10,14-15,19H,3-4H2,1-2H3,(H2,18,22)(H,23,24)/t8-,14-,15+/m1/s1. The zero-order valence-corrected chi connectivity index (χ0v) is 13.7. The fourth-order valence-electron chi connectivity index (χ4n) is 3.85. The summed E-state index contributed by atoms with van der Waals surface area (Å²) in [5.41, 5.74) is 6.92. The molecule has 0 aromatic heterocycles. The Balaban J connectivity index is 2.15. The SMILES string of the molecule is CC(=O)N1c2ccc(C(N)=O)cc2[C@H](NC(=O)O)[C@@H](C)[C@H]1C1CC1. The number of benzene rings is 1. The van der Waals surface area contributed by atoms with Gasteiger partial charge >= 0.3 is 6.09 Å². The van der Waals surface area contributed by atoms with Crippen LogP contribution in [0.5, 0.6) is 0 Å². The number of amides is 3. The van der Waals surface area contributed by atoms with Gasteiger partial charge in [-0.05, 0) is 42.5 Å². The van der Waals surface area contributed by atoms with Crippen molar-refractivity contribution in [2.45, 2.75) is 38.8 Å². The lowest BCUT2D eigenvalue weighted by atomic mass is 9.79. The van der Waals surface area contributed by atoms with Crippen LogP contribution < -0.4 is 16.0 Å². The molecular weight excluding hydrogens is 310 g/mol. The first-order valence-corrected chi connectivity index (χ1v) is 8.04. The molecule has 24 heavy (non-hydrogen) atoms. The van der Waals surface area contributed by atoms with E-state index in [1.165, 1.54) is 6.92 Å². The topological polar surface area (TPSA) is 113 Å². The van der Waals surface area contributed by atoms with Crippen molar-refractivity contribution in [1.82, 2.24) is 5.32 Å². The van der Waals surface area contributed by atoms with Gasteiger partial charge in [-0.2, -0.15) is 0 Å². The number of nitrogens with two attached hydrogens (primary N) is 1. The van der Waals surface area contributed by atoms with Gasteiger partial charge in [0, 0.05) is 30.1 Å². The molecule has 4 N–H and O–H groups in total. The van der Waals surface area contributed by atoms with Gasteiger partial charge < -0.3 is 21.1 Å². The molecule has 0 spiro atoms. The van der Waals surface area contributed by atoms with Crippen LogP contribution in [-0.2, 0) is 4.79 Å². The molecule has 0 saturated heterocycles. The summed E-state index contributed by atoms with van der Waals surface area (Å²) in [4.78, 5) is 36.8. The van der Waals surface area contributed by atoms with Crippen LogP contribution >= 0.6 is 0 Å². The Hall–Kier alpha value is -2.57. The Morgan fingerprint density at radius 1 is 1.29 bits per heavy atom. The van der Waals surface area contributed by atoms with Crippen LogP contribution in [0.25, 0.3) is 0 Å². The quantitative estimate of drug-likeness (QED) is 0.784. The number of nitrogens with one attached hydrogen (secondary N) is 1. The second kappa shape index (κ2) is 5.81. The molecular formula is C17H21N3O4. The highest BCUT2D eigenvalue weighted by Crippen LogP contribution is 2.49. The van der Waals surface area contributed by atoms with Gasteiger partial charge in [0.1, 0.15) is 0 Å². The van der Waals surface area contributed by atoms with Gasteiger partial charge in [0.15, 0.2) is 0 Å². The first-order valence-electron chi connectivity index (χ1n) is 8.04. The maximum Gasteiger partial charge on any atom is 0.405 e. The van der Waals surface area contributed by atoms with Crippen LogP contribution in [0.15, 0.2) is 18.2 Å².